The van der Waals surface area contributed by atoms with E-state index in [4.69, 9.17) is 0 Å². The Kier molecular flexibility index (Phi) is 5.35. The summed E-state index contributed by atoms with van der Waals surface area (Å²) >= 11 is 0. The van der Waals surface area contributed by atoms with Crippen LogP contribution in [0.25, 0.3) is 10.8 Å². The lowest BCUT2D eigenvalue weighted by Crippen LogP contribution is -2.33. The Morgan fingerprint density at radius 3 is 2.39 bits per heavy atom. The summed E-state index contributed by atoms with van der Waals surface area (Å²) in [6, 6.07) is 17.1. The zero-order valence-corrected chi connectivity index (χ0v) is 14.9. The van der Waals surface area contributed by atoms with Crippen molar-refractivity contribution in [3.8, 4) is 0 Å². The van der Waals surface area contributed by atoms with Gasteiger partial charge >= 0.3 is 6.18 Å². The number of hydrogen-bond donors (Lipinski definition) is 2. The predicted molar refractivity (Wildman–Crippen MR) is 101 cm³/mol. The van der Waals surface area contributed by atoms with Crippen molar-refractivity contribution in [1.82, 2.24) is 5.32 Å². The second kappa shape index (κ2) is 7.72. The smallest absolute Gasteiger partial charge is 0.343 e. The van der Waals surface area contributed by atoms with Gasteiger partial charge in [-0.15, -0.1) is 0 Å². The van der Waals surface area contributed by atoms with Crippen LogP contribution in [0.3, 0.4) is 0 Å². The Morgan fingerprint density at radius 1 is 0.929 bits per heavy atom. The van der Waals surface area contributed by atoms with Crippen LogP contribution in [-0.4, -0.2) is 24.5 Å². The van der Waals surface area contributed by atoms with E-state index in [1.807, 2.05) is 35.6 Å². The number of aryl methyl sites for hydroxylation is 1. The monoisotopic (exact) mass is 386 g/mol. The quantitative estimate of drug-likeness (QED) is 0.683. The Labute approximate surface area is 159 Å². The number of anilines is 1. The van der Waals surface area contributed by atoms with E-state index in [9.17, 15) is 22.8 Å². The van der Waals surface area contributed by atoms with Crippen LogP contribution in [0.4, 0.5) is 18.9 Å². The molecule has 0 bridgehead atoms. The number of alkyl halides is 3. The molecule has 0 saturated carbocycles. The lowest BCUT2D eigenvalue weighted by atomic mass is 10.0. The average molecular weight is 386 g/mol. The van der Waals surface area contributed by atoms with E-state index in [0.717, 1.165) is 10.8 Å². The van der Waals surface area contributed by atoms with Crippen LogP contribution in [0.15, 0.2) is 60.7 Å². The molecule has 0 radical (unpaired) electrons. The zero-order chi connectivity index (χ0) is 20.3. The van der Waals surface area contributed by atoms with Crippen molar-refractivity contribution in [3.05, 3.63) is 77.4 Å². The van der Waals surface area contributed by atoms with E-state index >= 15 is 0 Å². The molecule has 0 heterocycles. The molecule has 0 aliphatic heterocycles. The first-order chi connectivity index (χ1) is 13.2. The molecule has 3 aromatic rings. The van der Waals surface area contributed by atoms with Crippen molar-refractivity contribution in [2.75, 3.05) is 11.9 Å². The molecule has 144 valence electrons. The van der Waals surface area contributed by atoms with Crippen molar-refractivity contribution in [2.24, 2.45) is 0 Å². The maximum Gasteiger partial charge on any atom is 0.405 e. The van der Waals surface area contributed by atoms with Crippen molar-refractivity contribution >= 4 is 28.3 Å². The largest absolute Gasteiger partial charge is 0.405 e. The van der Waals surface area contributed by atoms with Gasteiger partial charge in [0.05, 0.1) is 0 Å². The molecular formula is C21H17F3N2O2. The molecule has 28 heavy (non-hydrogen) atoms. The third-order valence-electron chi connectivity index (χ3n) is 4.23. The van der Waals surface area contributed by atoms with Crippen LogP contribution < -0.4 is 10.6 Å². The molecule has 7 heteroatoms. The lowest BCUT2D eigenvalue weighted by molar-refractivity contribution is -0.123. The number of hydrogen-bond acceptors (Lipinski definition) is 2. The molecule has 4 nitrogen and oxygen atoms in total. The first-order valence-corrected chi connectivity index (χ1v) is 8.49. The minimum absolute atomic E-state index is 0.0306. The molecule has 0 saturated heterocycles. The molecule has 0 aliphatic rings. The van der Waals surface area contributed by atoms with Crippen LogP contribution in [0.1, 0.15) is 26.3 Å². The maximum atomic E-state index is 12.8. The number of nitrogens with one attached hydrogen (secondary N) is 2. The van der Waals surface area contributed by atoms with E-state index in [0.29, 0.717) is 16.8 Å². The number of carbonyl (C=O) groups excluding carboxylic acids is 2. The van der Waals surface area contributed by atoms with Gasteiger partial charge in [-0.3, -0.25) is 9.59 Å². The summed E-state index contributed by atoms with van der Waals surface area (Å²) in [5, 5.41) is 6.25. The number of fused-ring (bicyclic) bond motifs is 1. The van der Waals surface area contributed by atoms with E-state index in [1.165, 1.54) is 12.1 Å². The summed E-state index contributed by atoms with van der Waals surface area (Å²) in [5.74, 6) is -1.23. The van der Waals surface area contributed by atoms with Crippen LogP contribution >= 0.6 is 0 Å². The molecular weight excluding hydrogens is 369 g/mol. The minimum Gasteiger partial charge on any atom is -0.343 e. The summed E-state index contributed by atoms with van der Waals surface area (Å²) in [6.45, 7) is 0.313. The van der Waals surface area contributed by atoms with Gasteiger partial charge in [-0.2, -0.15) is 13.2 Å². The Morgan fingerprint density at radius 2 is 1.64 bits per heavy atom. The van der Waals surface area contributed by atoms with E-state index in [-0.39, 0.29) is 11.5 Å². The van der Waals surface area contributed by atoms with Crippen LogP contribution in [0, 0.1) is 6.92 Å². The van der Waals surface area contributed by atoms with E-state index in [2.05, 4.69) is 5.32 Å². The highest BCUT2D eigenvalue weighted by atomic mass is 19.4. The van der Waals surface area contributed by atoms with Crippen LogP contribution in [-0.2, 0) is 0 Å². The fraction of sp³-hybridized carbons (Fsp3) is 0.143. The predicted octanol–water partition coefficient (Wildman–Crippen LogP) is 4.69. The standard InChI is InChI=1S/C21H17F3N2O2/c1-13-9-10-15(19(27)25-12-21(22,23)24)11-18(13)26-20(28)17-8-4-6-14-5-2-3-7-16(14)17/h2-11H,12H2,1H3,(H,25,27)(H,26,28). The fourth-order valence-corrected chi connectivity index (χ4v) is 2.79. The number of rotatable bonds is 4. The fourth-order valence-electron chi connectivity index (χ4n) is 2.79. The molecule has 3 rings (SSSR count). The molecule has 2 N–H and O–H groups in total. The van der Waals surface area contributed by atoms with Crippen molar-refractivity contribution in [1.29, 1.82) is 0 Å². The Hall–Kier alpha value is -3.35. The summed E-state index contributed by atoms with van der Waals surface area (Å²) in [4.78, 5) is 24.7. The number of carbonyl (C=O) groups is 2. The second-order valence-corrected chi connectivity index (χ2v) is 6.31. The van der Waals surface area contributed by atoms with Gasteiger partial charge in [-0.1, -0.05) is 42.5 Å². The number of benzene rings is 3. The normalized spacial score (nSPS) is 11.3. The first kappa shape index (κ1) is 19.4. The van der Waals surface area contributed by atoms with Crippen molar-refractivity contribution in [3.63, 3.8) is 0 Å². The van der Waals surface area contributed by atoms with Gasteiger partial charge in [0.15, 0.2) is 0 Å². The van der Waals surface area contributed by atoms with Crippen molar-refractivity contribution < 1.29 is 22.8 Å². The van der Waals surface area contributed by atoms with Gasteiger partial charge < -0.3 is 10.6 Å². The third kappa shape index (κ3) is 4.49. The summed E-state index contributed by atoms with van der Waals surface area (Å²) in [6.07, 6.45) is -4.49. The van der Waals surface area contributed by atoms with E-state index < -0.39 is 18.6 Å². The molecule has 0 atom stereocenters. The number of amides is 2. The van der Waals surface area contributed by atoms with Crippen molar-refractivity contribution in [2.45, 2.75) is 13.1 Å². The van der Waals surface area contributed by atoms with Gasteiger partial charge in [0, 0.05) is 16.8 Å². The maximum absolute atomic E-state index is 12.8. The molecule has 0 aliphatic carbocycles. The summed E-state index contributed by atoms with van der Waals surface area (Å²) < 4.78 is 36.9. The van der Waals surface area contributed by atoms with Crippen LogP contribution in [0.2, 0.25) is 0 Å². The highest BCUT2D eigenvalue weighted by Gasteiger charge is 2.28. The highest BCUT2D eigenvalue weighted by molar-refractivity contribution is 6.13. The number of halogens is 3. The zero-order valence-electron chi connectivity index (χ0n) is 14.9. The molecule has 0 fully saturated rings. The van der Waals surface area contributed by atoms with E-state index in [1.54, 1.807) is 25.1 Å². The molecule has 0 spiro atoms. The molecule has 2 amide bonds. The van der Waals surface area contributed by atoms with Gasteiger partial charge in [0.2, 0.25) is 0 Å². The second-order valence-electron chi connectivity index (χ2n) is 6.31. The lowest BCUT2D eigenvalue weighted by Gasteiger charge is -2.13. The van der Waals surface area contributed by atoms with Gasteiger partial charge in [0.1, 0.15) is 6.54 Å². The van der Waals surface area contributed by atoms with Gasteiger partial charge in [0.25, 0.3) is 11.8 Å². The summed E-state index contributed by atoms with van der Waals surface area (Å²) in [5.41, 5.74) is 1.53. The Balaban J connectivity index is 1.84. The molecule has 3 aromatic carbocycles. The minimum atomic E-state index is -4.49. The highest BCUT2D eigenvalue weighted by Crippen LogP contribution is 2.22. The summed E-state index contributed by atoms with van der Waals surface area (Å²) in [7, 11) is 0. The third-order valence-corrected chi connectivity index (χ3v) is 4.23. The first-order valence-electron chi connectivity index (χ1n) is 8.49. The Bertz CT molecular complexity index is 1040. The molecule has 0 aromatic heterocycles. The molecule has 0 unspecified atom stereocenters. The van der Waals surface area contributed by atoms with Gasteiger partial charge in [-0.25, -0.2) is 0 Å². The average Bonchev–Trinajstić information content (AvgIpc) is 2.66. The SMILES string of the molecule is Cc1ccc(C(=O)NCC(F)(F)F)cc1NC(=O)c1cccc2ccccc12. The topological polar surface area (TPSA) is 58.2 Å². The van der Waals surface area contributed by atoms with Crippen LogP contribution in [0.5, 0.6) is 0 Å². The van der Waals surface area contributed by atoms with Gasteiger partial charge in [-0.05, 0) is 41.5 Å².